The molecule has 1 saturated heterocycles. The second kappa shape index (κ2) is 9.13. The third kappa shape index (κ3) is 4.79. The molecule has 0 aromatic heterocycles. The Labute approximate surface area is 173 Å². The molecule has 7 heteroatoms. The number of benzene rings is 2. The number of carboxylic acid groups (broad SMARTS) is 1. The summed E-state index contributed by atoms with van der Waals surface area (Å²) in [6, 6.07) is 12.5. The lowest BCUT2D eigenvalue weighted by Gasteiger charge is -2.29. The number of nitrogens with zero attached hydrogens (tertiary/aromatic N) is 1. The van der Waals surface area contributed by atoms with Crippen LogP contribution in [0.5, 0.6) is 5.75 Å². The molecule has 152 valence electrons. The van der Waals surface area contributed by atoms with E-state index in [4.69, 9.17) is 0 Å². The van der Waals surface area contributed by atoms with Gasteiger partial charge in [0.05, 0.1) is 6.04 Å². The standard InChI is InChI=1S/C22H23NO5S/c1-14-6-8-15(9-7-14)22(28)29-13-12-20(25)23-17(10-11-18(23)21(26)27)16-4-2-3-5-19(16)24/h2-9,17-18,24H,10-13H2,1H3,(H,26,27). The van der Waals surface area contributed by atoms with Gasteiger partial charge < -0.3 is 15.1 Å². The van der Waals surface area contributed by atoms with Gasteiger partial charge in [-0.1, -0.05) is 59.8 Å². The average Bonchev–Trinajstić information content (AvgIpc) is 3.14. The van der Waals surface area contributed by atoms with Crippen LogP contribution in [0, 0.1) is 6.92 Å². The monoisotopic (exact) mass is 413 g/mol. The van der Waals surface area contributed by atoms with Gasteiger partial charge in [-0.2, -0.15) is 0 Å². The Morgan fingerprint density at radius 1 is 1.07 bits per heavy atom. The minimum Gasteiger partial charge on any atom is -0.508 e. The maximum absolute atomic E-state index is 12.9. The van der Waals surface area contributed by atoms with Gasteiger partial charge >= 0.3 is 5.97 Å². The number of para-hydroxylation sites is 1. The second-order valence-corrected chi connectivity index (χ2v) is 8.13. The number of carboxylic acids is 1. The van der Waals surface area contributed by atoms with Crippen LogP contribution < -0.4 is 0 Å². The molecule has 2 aromatic carbocycles. The number of hydrogen-bond acceptors (Lipinski definition) is 5. The Hall–Kier alpha value is -2.80. The minimum atomic E-state index is -1.06. The third-order valence-corrected chi connectivity index (χ3v) is 6.00. The molecule has 1 aliphatic rings. The van der Waals surface area contributed by atoms with E-state index < -0.39 is 18.1 Å². The predicted molar refractivity (Wildman–Crippen MR) is 111 cm³/mol. The van der Waals surface area contributed by atoms with Gasteiger partial charge in [-0.15, -0.1) is 0 Å². The number of thioether (sulfide) groups is 1. The van der Waals surface area contributed by atoms with Crippen LogP contribution in [0.1, 0.15) is 46.8 Å². The Bertz CT molecular complexity index is 912. The summed E-state index contributed by atoms with van der Waals surface area (Å²) in [5.41, 5.74) is 2.18. The molecule has 2 atom stereocenters. The van der Waals surface area contributed by atoms with Crippen LogP contribution in [0.25, 0.3) is 0 Å². The number of aliphatic carboxylic acids is 1. The van der Waals surface area contributed by atoms with Crippen LogP contribution in [0.2, 0.25) is 0 Å². The molecular weight excluding hydrogens is 390 g/mol. The summed E-state index contributed by atoms with van der Waals surface area (Å²) in [5, 5.41) is 19.6. The number of rotatable bonds is 6. The number of likely N-dealkylation sites (tertiary alicyclic amines) is 1. The SMILES string of the molecule is Cc1ccc(C(=O)SCCC(=O)N2C(C(=O)O)CCC2c2ccccc2O)cc1. The van der Waals surface area contributed by atoms with Crippen molar-refractivity contribution in [2.24, 2.45) is 0 Å². The molecule has 0 saturated carbocycles. The summed E-state index contributed by atoms with van der Waals surface area (Å²) in [6.07, 6.45) is 0.849. The van der Waals surface area contributed by atoms with Crippen molar-refractivity contribution >= 4 is 28.8 Å². The van der Waals surface area contributed by atoms with Gasteiger partial charge in [-0.05, 0) is 25.8 Å². The largest absolute Gasteiger partial charge is 0.508 e. The van der Waals surface area contributed by atoms with Gasteiger partial charge in [0.15, 0.2) is 0 Å². The molecule has 0 radical (unpaired) electrons. The highest BCUT2D eigenvalue weighted by Gasteiger charge is 2.42. The van der Waals surface area contributed by atoms with Gasteiger partial charge in [0.1, 0.15) is 11.8 Å². The van der Waals surface area contributed by atoms with Crippen molar-refractivity contribution in [3.8, 4) is 5.75 Å². The van der Waals surface area contributed by atoms with Crippen molar-refractivity contribution in [2.75, 3.05) is 5.75 Å². The van der Waals surface area contributed by atoms with Crippen molar-refractivity contribution in [3.05, 3.63) is 65.2 Å². The number of amides is 1. The smallest absolute Gasteiger partial charge is 0.326 e. The second-order valence-electron chi connectivity index (χ2n) is 7.06. The molecule has 1 aliphatic heterocycles. The first kappa shape index (κ1) is 20.9. The van der Waals surface area contributed by atoms with E-state index in [0.29, 0.717) is 24.0 Å². The van der Waals surface area contributed by atoms with Crippen LogP contribution in [0.15, 0.2) is 48.5 Å². The van der Waals surface area contributed by atoms with Gasteiger partial charge in [0.2, 0.25) is 11.0 Å². The fraction of sp³-hybridized carbons (Fsp3) is 0.318. The highest BCUT2D eigenvalue weighted by molar-refractivity contribution is 8.14. The Balaban J connectivity index is 1.67. The molecular formula is C22H23NO5S. The number of carbonyl (C=O) groups excluding carboxylic acids is 2. The molecule has 2 aromatic rings. The summed E-state index contributed by atoms with van der Waals surface area (Å²) >= 11 is 1.05. The lowest BCUT2D eigenvalue weighted by molar-refractivity contribution is -0.149. The lowest BCUT2D eigenvalue weighted by Crippen LogP contribution is -2.42. The van der Waals surface area contributed by atoms with Crippen molar-refractivity contribution in [1.29, 1.82) is 0 Å². The normalized spacial score (nSPS) is 18.6. The van der Waals surface area contributed by atoms with Crippen LogP contribution >= 0.6 is 11.8 Å². The van der Waals surface area contributed by atoms with E-state index >= 15 is 0 Å². The first-order chi connectivity index (χ1) is 13.9. The summed E-state index contributed by atoms with van der Waals surface area (Å²) < 4.78 is 0. The van der Waals surface area contributed by atoms with Gasteiger partial charge in [0.25, 0.3) is 0 Å². The lowest BCUT2D eigenvalue weighted by atomic mass is 10.0. The molecule has 1 fully saturated rings. The molecule has 3 rings (SSSR count). The Morgan fingerprint density at radius 3 is 2.41 bits per heavy atom. The van der Waals surface area contributed by atoms with Gasteiger partial charge in [-0.25, -0.2) is 4.79 Å². The van der Waals surface area contributed by atoms with Gasteiger partial charge in [0, 0.05) is 23.3 Å². The van der Waals surface area contributed by atoms with E-state index in [9.17, 15) is 24.6 Å². The quantitative estimate of drug-likeness (QED) is 0.748. The van der Waals surface area contributed by atoms with Gasteiger partial charge in [-0.3, -0.25) is 9.59 Å². The fourth-order valence-corrected chi connectivity index (χ4v) is 4.37. The number of phenolic OH excluding ortho intramolecular Hbond substituents is 1. The maximum atomic E-state index is 12.9. The summed E-state index contributed by atoms with van der Waals surface area (Å²) in [5.74, 6) is -1.07. The Morgan fingerprint density at radius 2 is 1.76 bits per heavy atom. The van der Waals surface area contributed by atoms with Crippen LogP contribution in [-0.2, 0) is 9.59 Å². The summed E-state index contributed by atoms with van der Waals surface area (Å²) in [4.78, 5) is 38.2. The number of hydrogen-bond donors (Lipinski definition) is 2. The molecule has 29 heavy (non-hydrogen) atoms. The van der Waals surface area contributed by atoms with Crippen molar-refractivity contribution in [2.45, 2.75) is 38.3 Å². The topological polar surface area (TPSA) is 94.9 Å². The molecule has 0 bridgehead atoms. The third-order valence-electron chi connectivity index (χ3n) is 5.09. The van der Waals surface area contributed by atoms with E-state index in [-0.39, 0.29) is 28.9 Å². The number of phenols is 1. The van der Waals surface area contributed by atoms with E-state index in [2.05, 4.69) is 0 Å². The van der Waals surface area contributed by atoms with Crippen molar-refractivity contribution in [3.63, 3.8) is 0 Å². The zero-order valence-electron chi connectivity index (χ0n) is 16.1. The van der Waals surface area contributed by atoms with E-state index in [0.717, 1.165) is 17.3 Å². The first-order valence-electron chi connectivity index (χ1n) is 9.44. The maximum Gasteiger partial charge on any atom is 0.326 e. The van der Waals surface area contributed by atoms with Crippen molar-refractivity contribution in [1.82, 2.24) is 4.90 Å². The fourth-order valence-electron chi connectivity index (χ4n) is 3.61. The zero-order chi connectivity index (χ0) is 21.0. The predicted octanol–water partition coefficient (Wildman–Crippen LogP) is 3.78. The Kier molecular flexibility index (Phi) is 6.59. The van der Waals surface area contributed by atoms with Crippen molar-refractivity contribution < 1.29 is 24.6 Å². The average molecular weight is 413 g/mol. The molecule has 1 amide bonds. The number of aromatic hydroxyl groups is 1. The summed E-state index contributed by atoms with van der Waals surface area (Å²) in [7, 11) is 0. The first-order valence-corrected chi connectivity index (χ1v) is 10.4. The highest BCUT2D eigenvalue weighted by Crippen LogP contribution is 2.40. The van der Waals surface area contributed by atoms with E-state index in [1.165, 1.54) is 11.0 Å². The number of aryl methyl sites for hydroxylation is 1. The highest BCUT2D eigenvalue weighted by atomic mass is 32.2. The van der Waals surface area contributed by atoms with Crippen LogP contribution in [-0.4, -0.2) is 43.9 Å². The molecule has 6 nitrogen and oxygen atoms in total. The van der Waals surface area contributed by atoms with E-state index in [1.54, 1.807) is 30.3 Å². The zero-order valence-corrected chi connectivity index (χ0v) is 16.9. The van der Waals surface area contributed by atoms with Crippen LogP contribution in [0.4, 0.5) is 0 Å². The minimum absolute atomic E-state index is 0.0465. The molecule has 0 aliphatic carbocycles. The number of carbonyl (C=O) groups is 3. The molecule has 0 spiro atoms. The molecule has 2 unspecified atom stereocenters. The van der Waals surface area contributed by atoms with E-state index in [1.807, 2.05) is 19.1 Å². The summed E-state index contributed by atoms with van der Waals surface area (Å²) in [6.45, 7) is 1.94. The van der Waals surface area contributed by atoms with Crippen LogP contribution in [0.3, 0.4) is 0 Å². The molecule has 1 heterocycles. The molecule has 2 N–H and O–H groups in total.